The maximum Gasteiger partial charge on any atom is 0.361 e. The van der Waals surface area contributed by atoms with E-state index in [0.29, 0.717) is 5.69 Å². The molecule has 0 spiro atoms. The molecular weight excluding hydrogens is 350 g/mol. The standard InChI is InChI=1S/C18H21N5O4/c1-10-4-7-14(11(2)8-10)23-21-12(3)16(22-23)17(25)27-9-15(24)20-18(26)19-13-5-6-13/h4,7-8,13H,5-6,9H2,1-3H3,(H2,19,20,24,26). The van der Waals surface area contributed by atoms with Gasteiger partial charge in [-0.3, -0.25) is 10.1 Å². The van der Waals surface area contributed by atoms with E-state index in [1.807, 2.05) is 32.0 Å². The van der Waals surface area contributed by atoms with E-state index >= 15 is 0 Å². The normalized spacial score (nSPS) is 13.1. The van der Waals surface area contributed by atoms with Crippen LogP contribution in [0.5, 0.6) is 0 Å². The quantitative estimate of drug-likeness (QED) is 0.767. The first kappa shape index (κ1) is 18.6. The van der Waals surface area contributed by atoms with Gasteiger partial charge in [-0.15, -0.1) is 5.10 Å². The van der Waals surface area contributed by atoms with Gasteiger partial charge in [0.1, 0.15) is 0 Å². The second-order valence-corrected chi connectivity index (χ2v) is 6.59. The van der Waals surface area contributed by atoms with Crippen LogP contribution in [-0.4, -0.2) is 45.6 Å². The number of nitrogens with one attached hydrogen (secondary N) is 2. The Bertz CT molecular complexity index is 901. The molecule has 1 aromatic heterocycles. The minimum atomic E-state index is -0.777. The van der Waals surface area contributed by atoms with Crippen LogP contribution >= 0.6 is 0 Å². The zero-order valence-electron chi connectivity index (χ0n) is 15.4. The van der Waals surface area contributed by atoms with Gasteiger partial charge in [0.15, 0.2) is 12.3 Å². The van der Waals surface area contributed by atoms with Gasteiger partial charge in [-0.1, -0.05) is 17.7 Å². The number of aryl methyl sites for hydroxylation is 3. The largest absolute Gasteiger partial charge is 0.451 e. The molecule has 3 amide bonds. The van der Waals surface area contributed by atoms with E-state index in [4.69, 9.17) is 4.74 Å². The van der Waals surface area contributed by atoms with E-state index in [-0.39, 0.29) is 11.7 Å². The Morgan fingerprint density at radius 1 is 1.19 bits per heavy atom. The maximum atomic E-state index is 12.2. The van der Waals surface area contributed by atoms with Crippen LogP contribution in [0.25, 0.3) is 5.69 Å². The SMILES string of the molecule is Cc1ccc(-n2nc(C)c(C(=O)OCC(=O)NC(=O)NC3CC3)n2)c(C)c1. The summed E-state index contributed by atoms with van der Waals surface area (Å²) in [6.45, 7) is 4.97. The lowest BCUT2D eigenvalue weighted by Crippen LogP contribution is -2.42. The molecule has 0 saturated heterocycles. The number of ether oxygens (including phenoxy) is 1. The number of benzene rings is 1. The van der Waals surface area contributed by atoms with Gasteiger partial charge < -0.3 is 10.1 Å². The van der Waals surface area contributed by atoms with Crippen molar-refractivity contribution in [1.29, 1.82) is 0 Å². The first-order chi connectivity index (χ1) is 12.8. The second-order valence-electron chi connectivity index (χ2n) is 6.59. The number of nitrogens with zero attached hydrogens (tertiary/aromatic N) is 3. The van der Waals surface area contributed by atoms with E-state index in [1.54, 1.807) is 6.92 Å². The number of aromatic nitrogens is 3. The first-order valence-electron chi connectivity index (χ1n) is 8.62. The molecule has 1 saturated carbocycles. The second kappa shape index (κ2) is 7.56. The third-order valence-corrected chi connectivity index (χ3v) is 4.04. The van der Waals surface area contributed by atoms with Gasteiger partial charge in [-0.25, -0.2) is 9.59 Å². The molecular formula is C18H21N5O4. The van der Waals surface area contributed by atoms with Crippen molar-refractivity contribution in [2.75, 3.05) is 6.61 Å². The summed E-state index contributed by atoms with van der Waals surface area (Å²) in [5, 5.41) is 13.1. The van der Waals surface area contributed by atoms with Crippen LogP contribution in [0.2, 0.25) is 0 Å². The zero-order valence-corrected chi connectivity index (χ0v) is 15.4. The fraction of sp³-hybridized carbons (Fsp3) is 0.389. The summed E-state index contributed by atoms with van der Waals surface area (Å²) >= 11 is 0. The molecule has 2 N–H and O–H groups in total. The molecule has 1 heterocycles. The van der Waals surface area contributed by atoms with E-state index in [1.165, 1.54) is 4.80 Å². The Morgan fingerprint density at radius 3 is 2.59 bits per heavy atom. The highest BCUT2D eigenvalue weighted by atomic mass is 16.5. The minimum absolute atomic E-state index is 0.0187. The summed E-state index contributed by atoms with van der Waals surface area (Å²) in [5.74, 6) is -1.48. The van der Waals surface area contributed by atoms with Gasteiger partial charge in [0.05, 0.1) is 11.4 Å². The molecule has 1 aliphatic carbocycles. The Hall–Kier alpha value is -3.23. The van der Waals surface area contributed by atoms with Crippen molar-refractivity contribution in [2.24, 2.45) is 0 Å². The lowest BCUT2D eigenvalue weighted by atomic mass is 10.1. The summed E-state index contributed by atoms with van der Waals surface area (Å²) in [6, 6.07) is 5.32. The van der Waals surface area contributed by atoms with E-state index in [9.17, 15) is 14.4 Å². The predicted octanol–water partition coefficient (Wildman–Crippen LogP) is 1.34. The average molecular weight is 371 g/mol. The van der Waals surface area contributed by atoms with Gasteiger partial charge in [-0.05, 0) is 45.2 Å². The smallest absolute Gasteiger partial charge is 0.361 e. The topological polar surface area (TPSA) is 115 Å². The van der Waals surface area contributed by atoms with E-state index in [0.717, 1.165) is 29.7 Å². The third kappa shape index (κ3) is 4.69. The molecule has 3 rings (SSSR count). The molecule has 0 atom stereocenters. The van der Waals surface area contributed by atoms with Gasteiger partial charge in [0, 0.05) is 6.04 Å². The highest BCUT2D eigenvalue weighted by Crippen LogP contribution is 2.18. The Kier molecular flexibility index (Phi) is 5.20. The molecule has 1 aromatic carbocycles. The molecule has 0 aliphatic heterocycles. The van der Waals surface area contributed by atoms with E-state index < -0.39 is 24.5 Å². The van der Waals surface area contributed by atoms with Crippen LogP contribution in [0.1, 0.15) is 40.2 Å². The Balaban J connectivity index is 1.60. The highest BCUT2D eigenvalue weighted by Gasteiger charge is 2.24. The van der Waals surface area contributed by atoms with Crippen molar-refractivity contribution >= 4 is 17.9 Å². The molecule has 27 heavy (non-hydrogen) atoms. The predicted molar refractivity (Wildman–Crippen MR) is 95.5 cm³/mol. The first-order valence-corrected chi connectivity index (χ1v) is 8.62. The van der Waals surface area contributed by atoms with Crippen LogP contribution in [0.4, 0.5) is 4.79 Å². The average Bonchev–Trinajstić information content (AvgIpc) is 3.32. The lowest BCUT2D eigenvalue weighted by Gasteiger charge is -2.06. The summed E-state index contributed by atoms with van der Waals surface area (Å²) < 4.78 is 4.94. The molecule has 1 fully saturated rings. The summed E-state index contributed by atoms with van der Waals surface area (Å²) in [7, 11) is 0. The zero-order chi connectivity index (χ0) is 19.6. The molecule has 2 aromatic rings. The van der Waals surface area contributed by atoms with Crippen molar-refractivity contribution < 1.29 is 19.1 Å². The number of amides is 3. The number of rotatable bonds is 5. The van der Waals surface area contributed by atoms with Gasteiger partial charge in [-0.2, -0.15) is 9.90 Å². The fourth-order valence-electron chi connectivity index (χ4n) is 2.52. The summed E-state index contributed by atoms with van der Waals surface area (Å²) in [4.78, 5) is 36.7. The monoisotopic (exact) mass is 371 g/mol. The molecule has 9 heteroatoms. The molecule has 0 radical (unpaired) electrons. The Labute approximate surface area is 156 Å². The number of imide groups is 1. The lowest BCUT2D eigenvalue weighted by molar-refractivity contribution is -0.123. The molecule has 1 aliphatic rings. The van der Waals surface area contributed by atoms with Crippen molar-refractivity contribution in [2.45, 2.75) is 39.7 Å². The Morgan fingerprint density at radius 2 is 1.93 bits per heavy atom. The van der Waals surface area contributed by atoms with E-state index in [2.05, 4.69) is 20.8 Å². The van der Waals surface area contributed by atoms with Gasteiger partial charge in [0.2, 0.25) is 0 Å². The number of carbonyl (C=O) groups excluding carboxylic acids is 3. The molecule has 9 nitrogen and oxygen atoms in total. The van der Waals surface area contributed by atoms with Crippen molar-refractivity contribution in [3.63, 3.8) is 0 Å². The summed E-state index contributed by atoms with van der Waals surface area (Å²) in [5.41, 5.74) is 3.22. The maximum absolute atomic E-state index is 12.2. The molecule has 0 bridgehead atoms. The van der Waals surface area contributed by atoms with Gasteiger partial charge >= 0.3 is 12.0 Å². The van der Waals surface area contributed by atoms with Crippen LogP contribution in [-0.2, 0) is 9.53 Å². The number of hydrogen-bond donors (Lipinski definition) is 2. The van der Waals surface area contributed by atoms with Crippen LogP contribution in [0.3, 0.4) is 0 Å². The minimum Gasteiger partial charge on any atom is -0.451 e. The molecule has 142 valence electrons. The number of hydrogen-bond acceptors (Lipinski definition) is 6. The third-order valence-electron chi connectivity index (χ3n) is 4.04. The molecule has 0 unspecified atom stereocenters. The van der Waals surface area contributed by atoms with Crippen LogP contribution in [0, 0.1) is 20.8 Å². The van der Waals surface area contributed by atoms with Crippen molar-refractivity contribution in [3.05, 3.63) is 40.7 Å². The van der Waals surface area contributed by atoms with Crippen molar-refractivity contribution in [1.82, 2.24) is 25.6 Å². The number of esters is 1. The van der Waals surface area contributed by atoms with Crippen molar-refractivity contribution in [3.8, 4) is 5.69 Å². The van der Waals surface area contributed by atoms with Gasteiger partial charge in [0.25, 0.3) is 5.91 Å². The number of urea groups is 1. The number of carbonyl (C=O) groups is 3. The van der Waals surface area contributed by atoms with Crippen LogP contribution < -0.4 is 10.6 Å². The van der Waals surface area contributed by atoms with Crippen LogP contribution in [0.15, 0.2) is 18.2 Å². The summed E-state index contributed by atoms with van der Waals surface area (Å²) in [6.07, 6.45) is 1.82. The highest BCUT2D eigenvalue weighted by molar-refractivity contribution is 5.96. The fourth-order valence-corrected chi connectivity index (χ4v) is 2.52.